The van der Waals surface area contributed by atoms with Gasteiger partial charge in [0.25, 0.3) is 0 Å². The number of oxazole rings is 1. The fraction of sp³-hybridized carbons (Fsp3) is 0.478. The molecule has 29 heavy (non-hydrogen) atoms. The topological polar surface area (TPSA) is 51.4 Å². The number of hydrogen-bond donors (Lipinski definition) is 0. The van der Waals surface area contributed by atoms with Crippen LogP contribution in [0.3, 0.4) is 0 Å². The highest BCUT2D eigenvalue weighted by Crippen LogP contribution is 2.31. The first-order chi connectivity index (χ1) is 13.9. The molecule has 5 nitrogen and oxygen atoms in total. The smallest absolute Gasteiger partial charge is 0.192 e. The third-order valence-electron chi connectivity index (χ3n) is 5.70. The van der Waals surface area contributed by atoms with Crippen molar-refractivity contribution in [3.63, 3.8) is 0 Å². The van der Waals surface area contributed by atoms with Gasteiger partial charge in [-0.25, -0.2) is 9.37 Å². The quantitative estimate of drug-likeness (QED) is 0.597. The summed E-state index contributed by atoms with van der Waals surface area (Å²) in [6.45, 7) is 10.3. The van der Waals surface area contributed by atoms with E-state index in [0.717, 1.165) is 43.1 Å². The van der Waals surface area contributed by atoms with E-state index in [-0.39, 0.29) is 11.9 Å². The Labute approximate surface area is 170 Å². The Morgan fingerprint density at radius 3 is 2.69 bits per heavy atom. The number of nitrogens with zero attached hydrogens (tertiary/aromatic N) is 3. The van der Waals surface area contributed by atoms with Crippen LogP contribution in [0.15, 0.2) is 28.7 Å². The molecule has 0 saturated carbocycles. The monoisotopic (exact) mass is 397 g/mol. The second-order valence-electron chi connectivity index (χ2n) is 8.15. The minimum absolute atomic E-state index is 0.0235. The van der Waals surface area contributed by atoms with E-state index in [1.54, 1.807) is 6.92 Å². The van der Waals surface area contributed by atoms with Gasteiger partial charge in [0.15, 0.2) is 11.5 Å². The Morgan fingerprint density at radius 2 is 1.93 bits per heavy atom. The molecule has 3 aromatic rings. The number of aryl methyl sites for hydroxylation is 3. The molecule has 0 N–H and O–H groups in total. The highest BCUT2D eigenvalue weighted by molar-refractivity contribution is 5.73. The summed E-state index contributed by atoms with van der Waals surface area (Å²) >= 11 is 0. The lowest BCUT2D eigenvalue weighted by Crippen LogP contribution is -2.39. The molecule has 1 fully saturated rings. The number of halogens is 1. The highest BCUT2D eigenvalue weighted by Gasteiger charge is 2.27. The predicted octanol–water partition coefficient (Wildman–Crippen LogP) is 5.14. The van der Waals surface area contributed by atoms with Crippen molar-refractivity contribution in [3.8, 4) is 5.75 Å². The molecule has 0 radical (unpaired) electrons. The molecule has 1 unspecified atom stereocenters. The maximum atomic E-state index is 14.7. The van der Waals surface area contributed by atoms with Gasteiger partial charge in [-0.05, 0) is 46.2 Å². The second-order valence-corrected chi connectivity index (χ2v) is 8.15. The summed E-state index contributed by atoms with van der Waals surface area (Å²) in [6.07, 6.45) is 2.20. The molecule has 3 heterocycles. The van der Waals surface area contributed by atoms with Crippen molar-refractivity contribution in [1.82, 2.24) is 14.9 Å². The molecular weight excluding hydrogens is 369 g/mol. The zero-order valence-electron chi connectivity index (χ0n) is 17.5. The number of fused-ring (bicyclic) bond motifs is 1. The van der Waals surface area contributed by atoms with Crippen molar-refractivity contribution < 1.29 is 13.5 Å². The van der Waals surface area contributed by atoms with Gasteiger partial charge in [-0.2, -0.15) is 0 Å². The summed E-state index contributed by atoms with van der Waals surface area (Å²) in [5.41, 5.74) is 3.82. The van der Waals surface area contributed by atoms with Crippen molar-refractivity contribution in [2.45, 2.75) is 46.6 Å². The van der Waals surface area contributed by atoms with E-state index in [1.165, 1.54) is 6.07 Å². The minimum Gasteiger partial charge on any atom is -0.493 e. The van der Waals surface area contributed by atoms with E-state index in [9.17, 15) is 4.39 Å². The van der Waals surface area contributed by atoms with E-state index < -0.39 is 0 Å². The standard InChI is InChI=1S/C23H28FN3O2/c1-14-8-19(9-15(2)25-14)28-13-18-6-5-7-27(12-18)16(3)20-10-22-23(11-21(20)24)29-17(4)26-22/h8-11,16,18H,5-7,12-13H2,1-4H3/t16?,18-/m1/s1. The van der Waals surface area contributed by atoms with Gasteiger partial charge in [-0.3, -0.25) is 9.88 Å². The molecule has 0 amide bonds. The van der Waals surface area contributed by atoms with Crippen LogP contribution in [-0.4, -0.2) is 34.6 Å². The van der Waals surface area contributed by atoms with Crippen LogP contribution in [0.5, 0.6) is 5.75 Å². The van der Waals surface area contributed by atoms with E-state index in [1.807, 2.05) is 32.0 Å². The van der Waals surface area contributed by atoms with E-state index >= 15 is 0 Å². The predicted molar refractivity (Wildman–Crippen MR) is 111 cm³/mol. The molecule has 2 atom stereocenters. The van der Waals surface area contributed by atoms with Gasteiger partial charge in [-0.1, -0.05) is 0 Å². The Kier molecular flexibility index (Phi) is 5.54. The number of piperidine rings is 1. The molecule has 0 aliphatic carbocycles. The number of likely N-dealkylation sites (tertiary alicyclic amines) is 1. The fourth-order valence-electron chi connectivity index (χ4n) is 4.28. The third kappa shape index (κ3) is 4.42. The van der Waals surface area contributed by atoms with Gasteiger partial charge >= 0.3 is 0 Å². The van der Waals surface area contributed by atoms with Crippen LogP contribution in [0.25, 0.3) is 11.1 Å². The zero-order valence-corrected chi connectivity index (χ0v) is 17.5. The van der Waals surface area contributed by atoms with Gasteiger partial charge < -0.3 is 9.15 Å². The van der Waals surface area contributed by atoms with Crippen molar-refractivity contribution >= 4 is 11.1 Å². The van der Waals surface area contributed by atoms with Crippen molar-refractivity contribution in [2.24, 2.45) is 5.92 Å². The van der Waals surface area contributed by atoms with Crippen molar-refractivity contribution in [3.05, 3.63) is 52.9 Å². The minimum atomic E-state index is -0.234. The molecule has 0 bridgehead atoms. The Hall–Kier alpha value is -2.47. The molecule has 1 aliphatic rings. The molecule has 2 aromatic heterocycles. The van der Waals surface area contributed by atoms with Crippen molar-refractivity contribution in [1.29, 1.82) is 0 Å². The number of rotatable bonds is 5. The van der Waals surface area contributed by atoms with Gasteiger partial charge in [0, 0.05) is 60.6 Å². The van der Waals surface area contributed by atoms with E-state index in [2.05, 4.69) is 21.8 Å². The van der Waals surface area contributed by atoms with Crippen molar-refractivity contribution in [2.75, 3.05) is 19.7 Å². The molecule has 154 valence electrons. The summed E-state index contributed by atoms with van der Waals surface area (Å²) in [6, 6.07) is 7.21. The molecule has 1 aromatic carbocycles. The molecule has 4 rings (SSSR count). The molecule has 1 saturated heterocycles. The zero-order chi connectivity index (χ0) is 20.5. The van der Waals surface area contributed by atoms with Gasteiger partial charge in [0.2, 0.25) is 0 Å². The summed E-state index contributed by atoms with van der Waals surface area (Å²) in [4.78, 5) is 11.1. The maximum absolute atomic E-state index is 14.7. The van der Waals surface area contributed by atoms with Crippen LogP contribution in [0.2, 0.25) is 0 Å². The summed E-state index contributed by atoms with van der Waals surface area (Å²) in [5.74, 6) is 1.61. The van der Waals surface area contributed by atoms with E-state index in [4.69, 9.17) is 9.15 Å². The third-order valence-corrected chi connectivity index (χ3v) is 5.70. The number of ether oxygens (including phenoxy) is 1. The fourth-order valence-corrected chi connectivity index (χ4v) is 4.28. The Balaban J connectivity index is 1.44. The number of hydrogen-bond acceptors (Lipinski definition) is 5. The van der Waals surface area contributed by atoms with Gasteiger partial charge in [0.05, 0.1) is 6.61 Å². The van der Waals surface area contributed by atoms with Crippen LogP contribution in [0.1, 0.15) is 48.6 Å². The number of benzene rings is 1. The normalized spacial score (nSPS) is 18.9. The first kappa shape index (κ1) is 19.8. The molecule has 1 aliphatic heterocycles. The molecule has 6 heteroatoms. The molecular formula is C23H28FN3O2. The summed E-state index contributed by atoms with van der Waals surface area (Å²) in [5, 5.41) is 0. The lowest BCUT2D eigenvalue weighted by molar-refractivity contribution is 0.0994. The average Bonchev–Trinajstić information content (AvgIpc) is 3.03. The lowest BCUT2D eigenvalue weighted by Gasteiger charge is -2.37. The maximum Gasteiger partial charge on any atom is 0.192 e. The Bertz CT molecular complexity index is 997. The summed E-state index contributed by atoms with van der Waals surface area (Å²) < 4.78 is 26.2. The van der Waals surface area contributed by atoms with E-state index in [0.29, 0.717) is 35.1 Å². The van der Waals surface area contributed by atoms with Crippen LogP contribution < -0.4 is 4.74 Å². The number of pyridine rings is 1. The highest BCUT2D eigenvalue weighted by atomic mass is 19.1. The second kappa shape index (κ2) is 8.11. The largest absolute Gasteiger partial charge is 0.493 e. The van der Waals surface area contributed by atoms with Crippen LogP contribution in [0.4, 0.5) is 4.39 Å². The van der Waals surface area contributed by atoms with Crippen LogP contribution >= 0.6 is 0 Å². The van der Waals surface area contributed by atoms with Gasteiger partial charge in [0.1, 0.15) is 17.1 Å². The average molecular weight is 397 g/mol. The van der Waals surface area contributed by atoms with Crippen LogP contribution in [-0.2, 0) is 0 Å². The first-order valence-electron chi connectivity index (χ1n) is 10.3. The SMILES string of the molecule is Cc1cc(OC[C@@H]2CCCN(C(C)c3cc4nc(C)oc4cc3F)C2)cc(C)n1. The van der Waals surface area contributed by atoms with Crippen LogP contribution in [0, 0.1) is 32.5 Å². The Morgan fingerprint density at radius 1 is 1.17 bits per heavy atom. The molecule has 0 spiro atoms. The summed E-state index contributed by atoms with van der Waals surface area (Å²) in [7, 11) is 0. The number of aromatic nitrogens is 2. The lowest BCUT2D eigenvalue weighted by atomic mass is 9.95. The first-order valence-corrected chi connectivity index (χ1v) is 10.3. The van der Waals surface area contributed by atoms with Gasteiger partial charge in [-0.15, -0.1) is 0 Å².